The quantitative estimate of drug-likeness (QED) is 0.801. The van der Waals surface area contributed by atoms with Crippen molar-refractivity contribution in [2.45, 2.75) is 38.0 Å². The van der Waals surface area contributed by atoms with Crippen molar-refractivity contribution >= 4 is 23.5 Å². The molecule has 6 heteroatoms. The standard InChI is InChI=1S/C21H20N2O4/c1-10-9-15-17-16(13-3-2-4-14(13)18(15)22-10)19(24)23(20(17)25)12-7-5-11(6-8-12)21(26)27/h5-9,13-14,16-17,22H,2-4H2,1H3,(H,26,27)/t13-,14+,16-,17+/m0/s1. The van der Waals surface area contributed by atoms with Crippen LogP contribution in [0.2, 0.25) is 0 Å². The number of amides is 2. The van der Waals surface area contributed by atoms with Crippen LogP contribution in [0.3, 0.4) is 0 Å². The van der Waals surface area contributed by atoms with Crippen LogP contribution >= 0.6 is 0 Å². The highest BCUT2D eigenvalue weighted by Crippen LogP contribution is 2.57. The molecule has 4 atom stereocenters. The summed E-state index contributed by atoms with van der Waals surface area (Å²) in [4.78, 5) is 42.4. The highest BCUT2D eigenvalue weighted by Gasteiger charge is 2.58. The normalized spacial score (nSPS) is 28.9. The number of aromatic carboxylic acids is 1. The number of carboxylic acids is 1. The Bertz CT molecular complexity index is 975. The maximum atomic E-state index is 13.3. The molecule has 1 aromatic carbocycles. The number of fused-ring (bicyclic) bond motifs is 6. The topological polar surface area (TPSA) is 90.5 Å². The Morgan fingerprint density at radius 3 is 2.59 bits per heavy atom. The van der Waals surface area contributed by atoms with Crippen LogP contribution < -0.4 is 4.90 Å². The predicted octanol–water partition coefficient (Wildman–Crippen LogP) is 3.19. The van der Waals surface area contributed by atoms with Gasteiger partial charge in [0.1, 0.15) is 0 Å². The van der Waals surface area contributed by atoms with Gasteiger partial charge >= 0.3 is 5.97 Å². The lowest BCUT2D eigenvalue weighted by molar-refractivity contribution is -0.123. The Morgan fingerprint density at radius 2 is 1.89 bits per heavy atom. The summed E-state index contributed by atoms with van der Waals surface area (Å²) in [6, 6.07) is 7.98. The number of carbonyl (C=O) groups excluding carboxylic acids is 2. The number of anilines is 1. The van der Waals surface area contributed by atoms with Crippen molar-refractivity contribution in [1.29, 1.82) is 0 Å². The van der Waals surface area contributed by atoms with E-state index in [1.54, 1.807) is 12.1 Å². The lowest BCUT2D eigenvalue weighted by atomic mass is 9.68. The summed E-state index contributed by atoms with van der Waals surface area (Å²) in [5.74, 6) is -1.60. The van der Waals surface area contributed by atoms with Crippen molar-refractivity contribution in [3.63, 3.8) is 0 Å². The molecule has 0 radical (unpaired) electrons. The monoisotopic (exact) mass is 364 g/mol. The van der Waals surface area contributed by atoms with Gasteiger partial charge in [0.2, 0.25) is 11.8 Å². The summed E-state index contributed by atoms with van der Waals surface area (Å²) in [6.45, 7) is 1.99. The first-order valence-electron chi connectivity index (χ1n) is 9.38. The number of aromatic nitrogens is 1. The van der Waals surface area contributed by atoms with Crippen molar-refractivity contribution in [3.05, 3.63) is 52.8 Å². The molecule has 1 aromatic heterocycles. The van der Waals surface area contributed by atoms with Crippen LogP contribution in [0.5, 0.6) is 0 Å². The highest BCUT2D eigenvalue weighted by molar-refractivity contribution is 6.24. The van der Waals surface area contributed by atoms with E-state index in [0.29, 0.717) is 11.6 Å². The van der Waals surface area contributed by atoms with Gasteiger partial charge in [0.25, 0.3) is 0 Å². The van der Waals surface area contributed by atoms with Crippen molar-refractivity contribution < 1.29 is 19.5 Å². The van der Waals surface area contributed by atoms with Gasteiger partial charge in [0.05, 0.1) is 23.1 Å². The van der Waals surface area contributed by atoms with Gasteiger partial charge in [0.15, 0.2) is 0 Å². The van der Waals surface area contributed by atoms with Crippen LogP contribution in [0.4, 0.5) is 5.69 Å². The SMILES string of the molecule is Cc1cc2c([nH]1)[C@@H]1CCC[C@@H]1[C@@H]1C(=O)N(c3ccc(C(=O)O)cc3)C(=O)[C@H]21. The molecule has 6 nitrogen and oxygen atoms in total. The lowest BCUT2D eigenvalue weighted by Gasteiger charge is -2.33. The van der Waals surface area contributed by atoms with Gasteiger partial charge in [-0.05, 0) is 61.6 Å². The molecule has 2 fully saturated rings. The highest BCUT2D eigenvalue weighted by atomic mass is 16.4. The van der Waals surface area contributed by atoms with Crippen LogP contribution in [0.1, 0.15) is 58.4 Å². The minimum atomic E-state index is -1.03. The summed E-state index contributed by atoms with van der Waals surface area (Å²) >= 11 is 0. The van der Waals surface area contributed by atoms with E-state index in [2.05, 4.69) is 4.98 Å². The number of nitrogens with zero attached hydrogens (tertiary/aromatic N) is 1. The molecule has 0 unspecified atom stereocenters. The second-order valence-corrected chi connectivity index (χ2v) is 7.89. The van der Waals surface area contributed by atoms with E-state index in [0.717, 1.165) is 36.2 Å². The molecule has 138 valence electrons. The summed E-state index contributed by atoms with van der Waals surface area (Å²) < 4.78 is 0. The predicted molar refractivity (Wildman–Crippen MR) is 97.7 cm³/mol. The number of benzene rings is 1. The van der Waals surface area contributed by atoms with Crippen LogP contribution in [0.25, 0.3) is 0 Å². The van der Waals surface area contributed by atoms with Crippen molar-refractivity contribution in [3.8, 4) is 0 Å². The van der Waals surface area contributed by atoms with Gasteiger partial charge in [-0.3, -0.25) is 9.59 Å². The third kappa shape index (κ3) is 2.16. The molecule has 2 heterocycles. The number of hydrogen-bond donors (Lipinski definition) is 2. The number of rotatable bonds is 2. The zero-order valence-corrected chi connectivity index (χ0v) is 14.9. The van der Waals surface area contributed by atoms with Crippen LogP contribution in [0.15, 0.2) is 30.3 Å². The van der Waals surface area contributed by atoms with E-state index < -0.39 is 11.9 Å². The van der Waals surface area contributed by atoms with Gasteiger partial charge in [-0.25, -0.2) is 9.69 Å². The first-order chi connectivity index (χ1) is 13.0. The molecule has 2 aromatic rings. The zero-order valence-electron chi connectivity index (χ0n) is 14.9. The molecule has 1 saturated heterocycles. The minimum absolute atomic E-state index is 0.134. The summed E-state index contributed by atoms with van der Waals surface area (Å²) in [6.07, 6.45) is 3.09. The number of carboxylic acid groups (broad SMARTS) is 1. The number of imide groups is 1. The van der Waals surface area contributed by atoms with Crippen molar-refractivity contribution in [2.24, 2.45) is 11.8 Å². The molecule has 27 heavy (non-hydrogen) atoms. The molecule has 0 spiro atoms. The third-order valence-electron chi connectivity index (χ3n) is 6.47. The fourth-order valence-electron chi connectivity index (χ4n) is 5.43. The molecule has 1 aliphatic heterocycles. The average Bonchev–Trinajstić information content (AvgIpc) is 3.31. The van der Waals surface area contributed by atoms with E-state index >= 15 is 0 Å². The Kier molecular flexibility index (Phi) is 3.35. The fraction of sp³-hybridized carbons (Fsp3) is 0.381. The molecule has 2 N–H and O–H groups in total. The maximum Gasteiger partial charge on any atom is 0.335 e. The van der Waals surface area contributed by atoms with Crippen LogP contribution in [-0.2, 0) is 9.59 Å². The molecule has 0 bridgehead atoms. The van der Waals surface area contributed by atoms with Gasteiger partial charge in [-0.2, -0.15) is 0 Å². The molecule has 2 aliphatic carbocycles. The molecule has 3 aliphatic rings. The molecular weight excluding hydrogens is 344 g/mol. The van der Waals surface area contributed by atoms with Crippen LogP contribution in [0, 0.1) is 18.8 Å². The van der Waals surface area contributed by atoms with Gasteiger partial charge in [-0.15, -0.1) is 0 Å². The molecule has 5 rings (SSSR count). The maximum absolute atomic E-state index is 13.3. The number of aromatic amines is 1. The second-order valence-electron chi connectivity index (χ2n) is 7.89. The second kappa shape index (κ2) is 5.55. The first-order valence-corrected chi connectivity index (χ1v) is 9.38. The number of nitrogens with one attached hydrogen (secondary N) is 1. The van der Waals surface area contributed by atoms with E-state index in [1.165, 1.54) is 17.0 Å². The zero-order chi connectivity index (χ0) is 18.9. The number of aryl methyl sites for hydroxylation is 1. The number of hydrogen-bond acceptors (Lipinski definition) is 3. The number of H-pyrrole nitrogens is 1. The number of carbonyl (C=O) groups is 3. The summed E-state index contributed by atoms with van der Waals surface area (Å²) in [5, 5.41) is 9.08. The largest absolute Gasteiger partial charge is 0.478 e. The average molecular weight is 364 g/mol. The van der Waals surface area contributed by atoms with Crippen molar-refractivity contribution in [1.82, 2.24) is 4.98 Å². The Morgan fingerprint density at radius 1 is 1.15 bits per heavy atom. The van der Waals surface area contributed by atoms with Gasteiger partial charge in [-0.1, -0.05) is 6.42 Å². The van der Waals surface area contributed by atoms with Crippen LogP contribution in [-0.4, -0.2) is 27.9 Å². The third-order valence-corrected chi connectivity index (χ3v) is 6.47. The van der Waals surface area contributed by atoms with Gasteiger partial charge in [0, 0.05) is 17.3 Å². The van der Waals surface area contributed by atoms with E-state index in [4.69, 9.17) is 5.11 Å². The Labute approximate surface area is 156 Å². The van der Waals surface area contributed by atoms with E-state index in [-0.39, 0.29) is 29.2 Å². The fourth-order valence-corrected chi connectivity index (χ4v) is 5.43. The minimum Gasteiger partial charge on any atom is -0.478 e. The molecular formula is C21H20N2O4. The summed E-state index contributed by atoms with van der Waals surface area (Å²) in [5.41, 5.74) is 3.72. The Hall–Kier alpha value is -2.89. The lowest BCUT2D eigenvalue weighted by Crippen LogP contribution is -2.33. The molecule has 1 saturated carbocycles. The smallest absolute Gasteiger partial charge is 0.335 e. The van der Waals surface area contributed by atoms with Gasteiger partial charge < -0.3 is 10.1 Å². The van der Waals surface area contributed by atoms with E-state index in [9.17, 15) is 14.4 Å². The molecule has 2 amide bonds. The first kappa shape index (κ1) is 16.3. The van der Waals surface area contributed by atoms with Crippen molar-refractivity contribution in [2.75, 3.05) is 4.90 Å². The van der Waals surface area contributed by atoms with E-state index in [1.807, 2.05) is 13.0 Å². The Balaban J connectivity index is 1.60. The summed E-state index contributed by atoms with van der Waals surface area (Å²) in [7, 11) is 0.